The zero-order valence-electron chi connectivity index (χ0n) is 12.9. The molecule has 0 aromatic heterocycles. The molecule has 116 valence electrons. The molecule has 2 aromatic rings. The fraction of sp³-hybridized carbons (Fsp3) is 0.278. The van der Waals surface area contributed by atoms with Gasteiger partial charge in [0, 0.05) is 12.6 Å². The Balaban J connectivity index is 2.08. The summed E-state index contributed by atoms with van der Waals surface area (Å²) in [6.07, 6.45) is 3.34. The number of amides is 1. The third kappa shape index (κ3) is 4.07. The van der Waals surface area contributed by atoms with E-state index in [1.807, 2.05) is 24.3 Å². The van der Waals surface area contributed by atoms with Gasteiger partial charge in [0.2, 0.25) is 0 Å². The summed E-state index contributed by atoms with van der Waals surface area (Å²) >= 11 is 0. The molecule has 0 heterocycles. The summed E-state index contributed by atoms with van der Waals surface area (Å²) in [7, 11) is 1.50. The molecule has 0 spiro atoms. The van der Waals surface area contributed by atoms with Crippen LogP contribution in [0.5, 0.6) is 11.5 Å². The second kappa shape index (κ2) is 7.59. The number of unbranched alkanes of at least 4 members (excludes halogenated alkanes) is 1. The van der Waals surface area contributed by atoms with E-state index in [1.54, 1.807) is 0 Å². The second-order valence-electron chi connectivity index (χ2n) is 5.07. The monoisotopic (exact) mass is 301 g/mol. The normalized spacial score (nSPS) is 10.3. The zero-order valence-corrected chi connectivity index (χ0v) is 12.9. The Kier molecular flexibility index (Phi) is 5.53. The summed E-state index contributed by atoms with van der Waals surface area (Å²) in [6.45, 7) is 2.16. The van der Waals surface area contributed by atoms with Crippen LogP contribution in [-0.2, 0) is 6.42 Å². The number of carbonyl (C=O) groups excluding carboxylic acids is 1. The molecule has 0 atom stereocenters. The van der Waals surface area contributed by atoms with E-state index in [2.05, 4.69) is 12.2 Å². The van der Waals surface area contributed by atoms with Gasteiger partial charge in [0.1, 0.15) is 5.75 Å². The minimum absolute atomic E-state index is 0.106. The van der Waals surface area contributed by atoms with Crippen molar-refractivity contribution >= 4 is 5.91 Å². The van der Waals surface area contributed by atoms with Gasteiger partial charge in [-0.25, -0.2) is 4.39 Å². The smallest absolute Gasteiger partial charge is 0.251 e. The number of benzene rings is 2. The summed E-state index contributed by atoms with van der Waals surface area (Å²) in [5.74, 6) is -0.206. The second-order valence-corrected chi connectivity index (χ2v) is 5.07. The van der Waals surface area contributed by atoms with Crippen molar-refractivity contribution < 1.29 is 13.9 Å². The third-order valence-electron chi connectivity index (χ3n) is 3.39. The number of halogens is 1. The first-order chi connectivity index (χ1) is 10.6. The lowest BCUT2D eigenvalue weighted by Gasteiger charge is -2.09. The fourth-order valence-electron chi connectivity index (χ4n) is 2.10. The van der Waals surface area contributed by atoms with Crippen LogP contribution in [0.2, 0.25) is 0 Å². The van der Waals surface area contributed by atoms with Crippen molar-refractivity contribution in [3.8, 4) is 11.5 Å². The molecule has 0 bridgehead atoms. The first-order valence-electron chi connectivity index (χ1n) is 7.42. The Morgan fingerprint density at radius 2 is 1.91 bits per heavy atom. The summed E-state index contributed by atoms with van der Waals surface area (Å²) < 4.78 is 19.5. The Labute approximate surface area is 130 Å². The van der Waals surface area contributed by atoms with Gasteiger partial charge in [-0.2, -0.15) is 0 Å². The molecule has 0 radical (unpaired) electrons. The minimum Gasteiger partial charge on any atom is -0.454 e. The molecule has 0 saturated carbocycles. The van der Waals surface area contributed by atoms with Gasteiger partial charge in [-0.05, 0) is 48.7 Å². The molecule has 0 saturated heterocycles. The van der Waals surface area contributed by atoms with Crippen LogP contribution in [0.25, 0.3) is 0 Å². The maximum Gasteiger partial charge on any atom is 0.251 e. The highest BCUT2D eigenvalue weighted by atomic mass is 19.1. The van der Waals surface area contributed by atoms with E-state index in [0.29, 0.717) is 5.75 Å². The molecule has 22 heavy (non-hydrogen) atoms. The molecule has 0 unspecified atom stereocenters. The van der Waals surface area contributed by atoms with Gasteiger partial charge < -0.3 is 10.1 Å². The number of carbonyl (C=O) groups is 1. The minimum atomic E-state index is -0.559. The number of aryl methyl sites for hydroxylation is 1. The number of ether oxygens (including phenoxy) is 1. The molecule has 0 aliphatic heterocycles. The van der Waals surface area contributed by atoms with Crippen molar-refractivity contribution in [2.24, 2.45) is 0 Å². The van der Waals surface area contributed by atoms with Crippen LogP contribution in [0.3, 0.4) is 0 Å². The molecule has 2 rings (SSSR count). The Morgan fingerprint density at radius 1 is 1.18 bits per heavy atom. The average Bonchev–Trinajstić information content (AvgIpc) is 2.55. The summed E-state index contributed by atoms with van der Waals surface area (Å²) in [5, 5.41) is 2.45. The van der Waals surface area contributed by atoms with Crippen LogP contribution in [-0.4, -0.2) is 13.0 Å². The van der Waals surface area contributed by atoms with Crippen LogP contribution in [0.1, 0.15) is 35.7 Å². The largest absolute Gasteiger partial charge is 0.454 e. The number of hydrogen-bond donors (Lipinski definition) is 1. The predicted octanol–water partition coefficient (Wildman–Crippen LogP) is 4.32. The maximum atomic E-state index is 14.0. The molecule has 0 fully saturated rings. The van der Waals surface area contributed by atoms with Gasteiger partial charge in [0.15, 0.2) is 11.6 Å². The van der Waals surface area contributed by atoms with E-state index in [4.69, 9.17) is 4.74 Å². The van der Waals surface area contributed by atoms with Gasteiger partial charge in [0.25, 0.3) is 5.91 Å². The van der Waals surface area contributed by atoms with Gasteiger partial charge >= 0.3 is 0 Å². The van der Waals surface area contributed by atoms with E-state index < -0.39 is 5.82 Å². The van der Waals surface area contributed by atoms with E-state index in [9.17, 15) is 9.18 Å². The zero-order chi connectivity index (χ0) is 15.9. The Hall–Kier alpha value is -2.36. The third-order valence-corrected chi connectivity index (χ3v) is 3.39. The van der Waals surface area contributed by atoms with E-state index in [-0.39, 0.29) is 17.2 Å². The highest BCUT2D eigenvalue weighted by Crippen LogP contribution is 2.25. The molecule has 0 aliphatic carbocycles. The Morgan fingerprint density at radius 3 is 2.50 bits per heavy atom. The van der Waals surface area contributed by atoms with Crippen LogP contribution >= 0.6 is 0 Å². The quantitative estimate of drug-likeness (QED) is 0.863. The molecular formula is C18H20FNO2. The van der Waals surface area contributed by atoms with Crippen molar-refractivity contribution in [2.45, 2.75) is 26.2 Å². The van der Waals surface area contributed by atoms with Gasteiger partial charge in [-0.15, -0.1) is 0 Å². The van der Waals surface area contributed by atoms with E-state index in [0.717, 1.165) is 19.3 Å². The summed E-state index contributed by atoms with van der Waals surface area (Å²) in [6, 6.07) is 11.8. The maximum absolute atomic E-state index is 14.0. The molecule has 2 aromatic carbocycles. The molecular weight excluding hydrogens is 281 g/mol. The van der Waals surface area contributed by atoms with Crippen molar-refractivity contribution in [2.75, 3.05) is 7.05 Å². The van der Waals surface area contributed by atoms with Crippen LogP contribution in [0.15, 0.2) is 42.5 Å². The molecule has 0 aliphatic rings. The average molecular weight is 301 g/mol. The van der Waals surface area contributed by atoms with Gasteiger partial charge in [0.05, 0.1) is 0 Å². The van der Waals surface area contributed by atoms with Gasteiger partial charge in [-0.3, -0.25) is 4.79 Å². The van der Waals surface area contributed by atoms with Crippen LogP contribution in [0.4, 0.5) is 4.39 Å². The van der Waals surface area contributed by atoms with Crippen molar-refractivity contribution in [1.29, 1.82) is 0 Å². The molecule has 4 heteroatoms. The van der Waals surface area contributed by atoms with Gasteiger partial charge in [-0.1, -0.05) is 25.5 Å². The topological polar surface area (TPSA) is 38.3 Å². The lowest BCUT2D eigenvalue weighted by molar-refractivity contribution is 0.0962. The highest BCUT2D eigenvalue weighted by Gasteiger charge is 2.10. The number of hydrogen-bond acceptors (Lipinski definition) is 2. The van der Waals surface area contributed by atoms with Crippen LogP contribution < -0.4 is 10.1 Å². The van der Waals surface area contributed by atoms with Crippen molar-refractivity contribution in [3.63, 3.8) is 0 Å². The summed E-state index contributed by atoms with van der Waals surface area (Å²) in [5.41, 5.74) is 1.51. The summed E-state index contributed by atoms with van der Waals surface area (Å²) in [4.78, 5) is 11.4. The first kappa shape index (κ1) is 16.0. The lowest BCUT2D eigenvalue weighted by atomic mass is 10.1. The number of rotatable bonds is 6. The van der Waals surface area contributed by atoms with E-state index in [1.165, 1.54) is 30.8 Å². The Bertz CT molecular complexity index is 638. The fourth-order valence-corrected chi connectivity index (χ4v) is 2.10. The number of nitrogens with one attached hydrogen (secondary N) is 1. The molecule has 1 N–H and O–H groups in total. The standard InChI is InChI=1S/C18H20FNO2/c1-3-4-5-13-6-9-15(10-7-13)22-17-11-8-14(12-16(17)19)18(21)20-2/h6-12H,3-5H2,1-2H3,(H,20,21). The molecule has 3 nitrogen and oxygen atoms in total. The molecule has 1 amide bonds. The SMILES string of the molecule is CCCCc1ccc(Oc2ccc(C(=O)NC)cc2F)cc1. The van der Waals surface area contributed by atoms with Crippen molar-refractivity contribution in [1.82, 2.24) is 5.32 Å². The predicted molar refractivity (Wildman–Crippen MR) is 84.9 cm³/mol. The highest BCUT2D eigenvalue weighted by molar-refractivity contribution is 5.94. The van der Waals surface area contributed by atoms with Crippen LogP contribution in [0, 0.1) is 5.82 Å². The van der Waals surface area contributed by atoms with E-state index >= 15 is 0 Å². The van der Waals surface area contributed by atoms with Crippen molar-refractivity contribution in [3.05, 3.63) is 59.4 Å². The lowest BCUT2D eigenvalue weighted by Crippen LogP contribution is -2.17. The first-order valence-corrected chi connectivity index (χ1v) is 7.42.